The van der Waals surface area contributed by atoms with Crippen molar-refractivity contribution in [2.24, 2.45) is 0 Å². The molecular formula is C15H9ClFNO2. The molecule has 2 aromatic carbocycles. The highest BCUT2D eigenvalue weighted by Gasteiger charge is 2.35. The number of anilines is 1. The van der Waals surface area contributed by atoms with Gasteiger partial charge in [-0.1, -0.05) is 23.7 Å². The highest BCUT2D eigenvalue weighted by molar-refractivity contribution is 6.52. The van der Waals surface area contributed by atoms with Crippen LogP contribution in [0.25, 0.3) is 0 Å². The van der Waals surface area contributed by atoms with Crippen molar-refractivity contribution in [3.8, 4) is 0 Å². The molecule has 1 heterocycles. The Balaban J connectivity index is 1.97. The van der Waals surface area contributed by atoms with Crippen LogP contribution in [0.3, 0.4) is 0 Å². The topological polar surface area (TPSA) is 37.4 Å². The number of rotatable bonds is 2. The number of amides is 1. The van der Waals surface area contributed by atoms with Crippen LogP contribution in [0.15, 0.2) is 42.5 Å². The highest BCUT2D eigenvalue weighted by Crippen LogP contribution is 2.30. The van der Waals surface area contributed by atoms with Crippen molar-refractivity contribution in [1.29, 1.82) is 0 Å². The van der Waals surface area contributed by atoms with Gasteiger partial charge in [-0.05, 0) is 35.9 Å². The molecule has 20 heavy (non-hydrogen) atoms. The molecule has 0 saturated carbocycles. The summed E-state index contributed by atoms with van der Waals surface area (Å²) < 4.78 is 13.2. The van der Waals surface area contributed by atoms with Gasteiger partial charge in [-0.3, -0.25) is 9.59 Å². The molecule has 0 aliphatic carbocycles. The minimum Gasteiger partial charge on any atom is -0.300 e. The third kappa shape index (κ3) is 2.08. The average molecular weight is 290 g/mol. The first-order chi connectivity index (χ1) is 9.56. The van der Waals surface area contributed by atoms with Gasteiger partial charge in [0.05, 0.1) is 17.8 Å². The van der Waals surface area contributed by atoms with E-state index in [1.165, 1.54) is 17.0 Å². The SMILES string of the molecule is O=C1C(=O)N(Cc2ccc(Cl)cc2)c2ccc(F)cc21. The lowest BCUT2D eigenvalue weighted by molar-refractivity contribution is -0.114. The number of ketones is 1. The molecule has 0 spiro atoms. The van der Waals surface area contributed by atoms with Gasteiger partial charge >= 0.3 is 0 Å². The second-order valence-corrected chi connectivity index (χ2v) is 4.94. The summed E-state index contributed by atoms with van der Waals surface area (Å²) in [5.41, 5.74) is 1.40. The fourth-order valence-corrected chi connectivity index (χ4v) is 2.33. The van der Waals surface area contributed by atoms with Gasteiger partial charge in [0, 0.05) is 5.02 Å². The van der Waals surface area contributed by atoms with Crippen LogP contribution in [-0.4, -0.2) is 11.7 Å². The summed E-state index contributed by atoms with van der Waals surface area (Å²) in [6.07, 6.45) is 0. The molecule has 0 radical (unpaired) electrons. The van der Waals surface area contributed by atoms with Crippen LogP contribution < -0.4 is 4.90 Å². The highest BCUT2D eigenvalue weighted by atomic mass is 35.5. The standard InChI is InChI=1S/C15H9ClFNO2/c16-10-3-1-9(2-4-10)8-18-13-6-5-11(17)7-12(13)14(19)15(18)20/h1-7H,8H2. The maximum atomic E-state index is 13.2. The molecule has 0 saturated heterocycles. The molecule has 1 aliphatic heterocycles. The predicted octanol–water partition coefficient (Wildman–Crippen LogP) is 3.21. The Bertz CT molecular complexity index is 712. The van der Waals surface area contributed by atoms with E-state index in [4.69, 9.17) is 11.6 Å². The van der Waals surface area contributed by atoms with Gasteiger partial charge in [0.25, 0.3) is 11.7 Å². The average Bonchev–Trinajstić information content (AvgIpc) is 2.66. The summed E-state index contributed by atoms with van der Waals surface area (Å²) in [7, 11) is 0. The van der Waals surface area contributed by atoms with Crippen LogP contribution in [0.5, 0.6) is 0 Å². The van der Waals surface area contributed by atoms with E-state index >= 15 is 0 Å². The van der Waals surface area contributed by atoms with Crippen LogP contribution in [0.1, 0.15) is 15.9 Å². The molecule has 2 aromatic rings. The van der Waals surface area contributed by atoms with Gasteiger partial charge in [-0.15, -0.1) is 0 Å². The predicted molar refractivity (Wildman–Crippen MR) is 73.4 cm³/mol. The Morgan fingerprint density at radius 1 is 1.05 bits per heavy atom. The monoisotopic (exact) mass is 289 g/mol. The summed E-state index contributed by atoms with van der Waals surface area (Å²) in [5.74, 6) is -1.84. The third-order valence-electron chi connectivity index (χ3n) is 3.19. The van der Waals surface area contributed by atoms with Crippen molar-refractivity contribution in [2.45, 2.75) is 6.54 Å². The number of Topliss-reactive ketones (excluding diaryl/α,β-unsaturated/α-hetero) is 1. The molecule has 0 unspecified atom stereocenters. The molecule has 1 amide bonds. The van der Waals surface area contributed by atoms with Crippen LogP contribution >= 0.6 is 11.6 Å². The van der Waals surface area contributed by atoms with E-state index in [0.29, 0.717) is 10.7 Å². The molecule has 0 fully saturated rings. The van der Waals surface area contributed by atoms with E-state index in [1.54, 1.807) is 24.3 Å². The zero-order valence-electron chi connectivity index (χ0n) is 10.3. The molecule has 5 heteroatoms. The van der Waals surface area contributed by atoms with Gasteiger partial charge in [0.1, 0.15) is 5.82 Å². The summed E-state index contributed by atoms with van der Waals surface area (Å²) in [6.45, 7) is 0.250. The second-order valence-electron chi connectivity index (χ2n) is 4.51. The molecule has 0 bridgehead atoms. The zero-order valence-corrected chi connectivity index (χ0v) is 11.0. The Labute approximate surface area is 119 Å². The van der Waals surface area contributed by atoms with E-state index in [0.717, 1.165) is 11.6 Å². The van der Waals surface area contributed by atoms with Crippen LogP contribution in [0.4, 0.5) is 10.1 Å². The Morgan fingerprint density at radius 3 is 2.45 bits per heavy atom. The normalized spacial score (nSPS) is 13.8. The number of carbonyl (C=O) groups excluding carboxylic acids is 2. The van der Waals surface area contributed by atoms with Crippen molar-refractivity contribution < 1.29 is 14.0 Å². The number of carbonyl (C=O) groups is 2. The molecule has 100 valence electrons. The van der Waals surface area contributed by atoms with Crippen LogP contribution in [0.2, 0.25) is 5.02 Å². The fraction of sp³-hybridized carbons (Fsp3) is 0.0667. The number of benzene rings is 2. The summed E-state index contributed by atoms with van der Waals surface area (Å²) in [5, 5.41) is 0.597. The van der Waals surface area contributed by atoms with Gasteiger partial charge < -0.3 is 4.90 Å². The first-order valence-corrected chi connectivity index (χ1v) is 6.34. The molecule has 0 N–H and O–H groups in total. The third-order valence-corrected chi connectivity index (χ3v) is 3.44. The minimum absolute atomic E-state index is 0.115. The van der Waals surface area contributed by atoms with Crippen molar-refractivity contribution in [2.75, 3.05) is 4.90 Å². The largest absolute Gasteiger partial charge is 0.300 e. The summed E-state index contributed by atoms with van der Waals surface area (Å²) in [6, 6.07) is 10.8. The van der Waals surface area contributed by atoms with Crippen molar-refractivity contribution in [1.82, 2.24) is 0 Å². The fourth-order valence-electron chi connectivity index (χ4n) is 2.20. The quantitative estimate of drug-likeness (QED) is 0.796. The van der Waals surface area contributed by atoms with Gasteiger partial charge in [0.15, 0.2) is 0 Å². The Hall–Kier alpha value is -2.20. The lowest BCUT2D eigenvalue weighted by Crippen LogP contribution is -2.29. The number of hydrogen-bond donors (Lipinski definition) is 0. The zero-order chi connectivity index (χ0) is 14.3. The van der Waals surface area contributed by atoms with Gasteiger partial charge in [-0.25, -0.2) is 4.39 Å². The number of hydrogen-bond acceptors (Lipinski definition) is 2. The van der Waals surface area contributed by atoms with E-state index in [2.05, 4.69) is 0 Å². The maximum Gasteiger partial charge on any atom is 0.299 e. The maximum absolute atomic E-state index is 13.2. The molecule has 0 atom stereocenters. The van der Waals surface area contributed by atoms with Gasteiger partial charge in [0.2, 0.25) is 0 Å². The Kier molecular flexibility index (Phi) is 3.03. The summed E-state index contributed by atoms with van der Waals surface area (Å²) >= 11 is 5.80. The second kappa shape index (κ2) is 4.72. The van der Waals surface area contributed by atoms with Crippen LogP contribution in [-0.2, 0) is 11.3 Å². The first-order valence-electron chi connectivity index (χ1n) is 5.96. The molecule has 1 aliphatic rings. The molecule has 3 rings (SSSR count). The number of halogens is 2. The Morgan fingerprint density at radius 2 is 1.75 bits per heavy atom. The van der Waals surface area contributed by atoms with E-state index < -0.39 is 17.5 Å². The van der Waals surface area contributed by atoms with Crippen LogP contribution in [0, 0.1) is 5.82 Å². The lowest BCUT2D eigenvalue weighted by Gasteiger charge is -2.16. The molecule has 3 nitrogen and oxygen atoms in total. The molecular weight excluding hydrogens is 281 g/mol. The van der Waals surface area contributed by atoms with E-state index in [1.807, 2.05) is 0 Å². The number of fused-ring (bicyclic) bond motifs is 1. The van der Waals surface area contributed by atoms with Crippen molar-refractivity contribution in [3.63, 3.8) is 0 Å². The smallest absolute Gasteiger partial charge is 0.299 e. The van der Waals surface area contributed by atoms with E-state index in [-0.39, 0.29) is 12.1 Å². The van der Waals surface area contributed by atoms with Crippen molar-refractivity contribution in [3.05, 3.63) is 64.4 Å². The minimum atomic E-state index is -0.673. The van der Waals surface area contributed by atoms with Gasteiger partial charge in [-0.2, -0.15) is 0 Å². The number of nitrogens with zero attached hydrogens (tertiary/aromatic N) is 1. The summed E-state index contributed by atoms with van der Waals surface area (Å²) in [4.78, 5) is 25.1. The van der Waals surface area contributed by atoms with Crippen molar-refractivity contribution >= 4 is 29.0 Å². The lowest BCUT2D eigenvalue weighted by atomic mass is 10.1. The molecule has 0 aromatic heterocycles. The first kappa shape index (κ1) is 12.8. The van der Waals surface area contributed by atoms with E-state index in [9.17, 15) is 14.0 Å².